The van der Waals surface area contributed by atoms with E-state index in [1.807, 2.05) is 0 Å². The van der Waals surface area contributed by atoms with Crippen LogP contribution in [0.4, 0.5) is 5.69 Å². The van der Waals surface area contributed by atoms with Crippen LogP contribution in [0, 0.1) is 35.3 Å². The molecule has 3 rings (SSSR count). The summed E-state index contributed by atoms with van der Waals surface area (Å²) in [6, 6.07) is 3.02. The number of hydrogen-bond acceptors (Lipinski definition) is 4. The van der Waals surface area contributed by atoms with Gasteiger partial charge in [0.05, 0.1) is 10.8 Å². The standard InChI is InChI=1S/C17H20N2O5/c1-10-7-11(2)14(19(23)24)8-12(10)15(20)18-5-3-17(4-6-18)9-13(17)16(21)22/h7-8,13H,3-6,9H2,1-2H3,(H,21,22). The van der Waals surface area contributed by atoms with E-state index in [-0.39, 0.29) is 22.9 Å². The van der Waals surface area contributed by atoms with Gasteiger partial charge in [0, 0.05) is 30.3 Å². The third-order valence-electron chi connectivity index (χ3n) is 5.50. The number of nitro groups is 1. The number of amides is 1. The summed E-state index contributed by atoms with van der Waals surface area (Å²) < 4.78 is 0. The SMILES string of the molecule is Cc1cc(C)c([N+](=O)[O-])cc1C(=O)N1CCC2(CC1)CC2C(=O)O. The lowest BCUT2D eigenvalue weighted by molar-refractivity contribution is -0.385. The fourth-order valence-corrected chi connectivity index (χ4v) is 3.84. The van der Waals surface area contributed by atoms with Crippen LogP contribution < -0.4 is 0 Å². The lowest BCUT2D eigenvalue weighted by atomic mass is 9.90. The number of aliphatic carboxylic acids is 1. The monoisotopic (exact) mass is 332 g/mol. The van der Waals surface area contributed by atoms with Gasteiger partial charge < -0.3 is 10.0 Å². The molecule has 0 aromatic heterocycles. The van der Waals surface area contributed by atoms with Crippen molar-refractivity contribution >= 4 is 17.6 Å². The number of carboxylic acids is 1. The summed E-state index contributed by atoms with van der Waals surface area (Å²) in [4.78, 5) is 36.2. The van der Waals surface area contributed by atoms with Gasteiger partial charge in [0.1, 0.15) is 0 Å². The predicted octanol–water partition coefficient (Wildman–Crippen LogP) is 2.54. The first-order valence-electron chi connectivity index (χ1n) is 8.03. The number of nitrogens with zero attached hydrogens (tertiary/aromatic N) is 2. The number of likely N-dealkylation sites (tertiary alicyclic amines) is 1. The number of hydrogen-bond donors (Lipinski definition) is 1. The summed E-state index contributed by atoms with van der Waals surface area (Å²) in [7, 11) is 0. The molecule has 1 aliphatic heterocycles. The molecular formula is C17H20N2O5. The number of rotatable bonds is 3. The maximum Gasteiger partial charge on any atom is 0.307 e. The maximum absolute atomic E-state index is 12.7. The molecule has 128 valence electrons. The van der Waals surface area contributed by atoms with Crippen molar-refractivity contribution in [3.05, 3.63) is 38.9 Å². The molecule has 1 amide bonds. The molecule has 1 unspecified atom stereocenters. The fourth-order valence-electron chi connectivity index (χ4n) is 3.84. The first-order chi connectivity index (χ1) is 11.2. The molecule has 1 heterocycles. The van der Waals surface area contributed by atoms with Crippen molar-refractivity contribution in [3.8, 4) is 0 Å². The van der Waals surface area contributed by atoms with Gasteiger partial charge in [-0.2, -0.15) is 0 Å². The summed E-state index contributed by atoms with van der Waals surface area (Å²) in [6.07, 6.45) is 2.06. The molecule has 1 saturated carbocycles. The summed E-state index contributed by atoms with van der Waals surface area (Å²) in [5.41, 5.74) is 1.42. The fraction of sp³-hybridized carbons (Fsp3) is 0.529. The largest absolute Gasteiger partial charge is 0.481 e. The third kappa shape index (κ3) is 2.64. The third-order valence-corrected chi connectivity index (χ3v) is 5.50. The topological polar surface area (TPSA) is 101 Å². The molecule has 1 saturated heterocycles. The van der Waals surface area contributed by atoms with Gasteiger partial charge in [-0.1, -0.05) is 0 Å². The van der Waals surface area contributed by atoms with E-state index in [0.717, 1.165) is 5.56 Å². The Balaban J connectivity index is 1.76. The summed E-state index contributed by atoms with van der Waals surface area (Å²) in [5, 5.41) is 20.2. The van der Waals surface area contributed by atoms with E-state index >= 15 is 0 Å². The Morgan fingerprint density at radius 1 is 1.25 bits per heavy atom. The van der Waals surface area contributed by atoms with Gasteiger partial charge >= 0.3 is 5.97 Å². The molecule has 0 radical (unpaired) electrons. The number of aryl methyl sites for hydroxylation is 2. The van der Waals surface area contributed by atoms with Crippen LogP contribution in [0.25, 0.3) is 0 Å². The number of nitro benzene ring substituents is 1. The highest BCUT2D eigenvalue weighted by Crippen LogP contribution is 2.59. The molecule has 24 heavy (non-hydrogen) atoms. The lowest BCUT2D eigenvalue weighted by Crippen LogP contribution is -2.40. The van der Waals surface area contributed by atoms with E-state index < -0.39 is 10.9 Å². The normalized spacial score (nSPS) is 21.6. The van der Waals surface area contributed by atoms with Crippen molar-refractivity contribution in [1.82, 2.24) is 4.90 Å². The van der Waals surface area contributed by atoms with Crippen molar-refractivity contribution < 1.29 is 19.6 Å². The molecule has 1 aromatic rings. The Bertz CT molecular complexity index is 735. The van der Waals surface area contributed by atoms with Gasteiger partial charge in [0.15, 0.2) is 0 Å². The van der Waals surface area contributed by atoms with Crippen LogP contribution in [0.1, 0.15) is 40.7 Å². The van der Waals surface area contributed by atoms with Gasteiger partial charge in [-0.05, 0) is 50.2 Å². The van der Waals surface area contributed by atoms with E-state index in [9.17, 15) is 19.7 Å². The highest BCUT2D eigenvalue weighted by molar-refractivity contribution is 5.96. The predicted molar refractivity (Wildman–Crippen MR) is 85.9 cm³/mol. The number of piperidine rings is 1. The summed E-state index contributed by atoms with van der Waals surface area (Å²) >= 11 is 0. The first kappa shape index (κ1) is 16.4. The van der Waals surface area contributed by atoms with Gasteiger partial charge in [-0.25, -0.2) is 0 Å². The minimum atomic E-state index is -0.750. The molecule has 2 aliphatic rings. The second-order valence-corrected chi connectivity index (χ2v) is 6.96. The minimum absolute atomic E-state index is 0.0504. The van der Waals surface area contributed by atoms with Crippen LogP contribution in [0.15, 0.2) is 12.1 Å². The van der Waals surface area contributed by atoms with Crippen LogP contribution in [-0.4, -0.2) is 39.9 Å². The van der Waals surface area contributed by atoms with Crippen LogP contribution >= 0.6 is 0 Å². The van der Waals surface area contributed by atoms with Gasteiger partial charge in [0.2, 0.25) is 0 Å². The van der Waals surface area contributed by atoms with Crippen molar-refractivity contribution in [2.24, 2.45) is 11.3 Å². The Morgan fingerprint density at radius 2 is 1.88 bits per heavy atom. The Labute approximate surface area is 139 Å². The average molecular weight is 332 g/mol. The number of benzene rings is 1. The van der Waals surface area contributed by atoms with E-state index in [1.54, 1.807) is 24.8 Å². The zero-order chi connectivity index (χ0) is 17.6. The van der Waals surface area contributed by atoms with E-state index in [0.29, 0.717) is 43.5 Å². The maximum atomic E-state index is 12.7. The number of carbonyl (C=O) groups is 2. The Hall–Kier alpha value is -2.44. The molecule has 1 aliphatic carbocycles. The molecule has 2 fully saturated rings. The molecule has 1 aromatic carbocycles. The zero-order valence-electron chi connectivity index (χ0n) is 13.7. The quantitative estimate of drug-likeness (QED) is 0.677. The van der Waals surface area contributed by atoms with Crippen molar-refractivity contribution in [2.45, 2.75) is 33.1 Å². The average Bonchev–Trinajstić information content (AvgIpc) is 3.21. The second-order valence-electron chi connectivity index (χ2n) is 6.96. The van der Waals surface area contributed by atoms with Crippen LogP contribution in [-0.2, 0) is 4.79 Å². The van der Waals surface area contributed by atoms with Crippen LogP contribution in [0.2, 0.25) is 0 Å². The number of carbonyl (C=O) groups excluding carboxylic acids is 1. The van der Waals surface area contributed by atoms with Crippen molar-refractivity contribution in [1.29, 1.82) is 0 Å². The summed E-state index contributed by atoms with van der Waals surface area (Å²) in [6.45, 7) is 4.44. The van der Waals surface area contributed by atoms with Gasteiger partial charge in [0.25, 0.3) is 11.6 Å². The van der Waals surface area contributed by atoms with Crippen LogP contribution in [0.5, 0.6) is 0 Å². The molecule has 7 nitrogen and oxygen atoms in total. The molecule has 1 atom stereocenters. The molecule has 0 bridgehead atoms. The second kappa shape index (κ2) is 5.58. The van der Waals surface area contributed by atoms with E-state index in [1.165, 1.54) is 6.07 Å². The van der Waals surface area contributed by atoms with Gasteiger partial charge in [-0.3, -0.25) is 19.7 Å². The molecule has 7 heteroatoms. The lowest BCUT2D eigenvalue weighted by Gasteiger charge is -2.33. The first-order valence-corrected chi connectivity index (χ1v) is 8.03. The molecule has 1 N–H and O–H groups in total. The highest BCUT2D eigenvalue weighted by Gasteiger charge is 2.59. The van der Waals surface area contributed by atoms with E-state index in [4.69, 9.17) is 5.11 Å². The van der Waals surface area contributed by atoms with Crippen molar-refractivity contribution in [3.63, 3.8) is 0 Å². The highest BCUT2D eigenvalue weighted by atomic mass is 16.6. The minimum Gasteiger partial charge on any atom is -0.481 e. The molecular weight excluding hydrogens is 312 g/mol. The smallest absolute Gasteiger partial charge is 0.307 e. The van der Waals surface area contributed by atoms with Crippen LogP contribution in [0.3, 0.4) is 0 Å². The van der Waals surface area contributed by atoms with Gasteiger partial charge in [-0.15, -0.1) is 0 Å². The number of carboxylic acid groups (broad SMARTS) is 1. The van der Waals surface area contributed by atoms with Crippen molar-refractivity contribution in [2.75, 3.05) is 13.1 Å². The zero-order valence-corrected chi connectivity index (χ0v) is 13.7. The molecule has 1 spiro atoms. The Morgan fingerprint density at radius 3 is 2.38 bits per heavy atom. The summed E-state index contributed by atoms with van der Waals surface area (Å²) in [5.74, 6) is -1.24. The van der Waals surface area contributed by atoms with E-state index in [2.05, 4.69) is 0 Å². The Kier molecular flexibility index (Phi) is 3.81.